The Morgan fingerprint density at radius 3 is 2.25 bits per heavy atom. The summed E-state index contributed by atoms with van der Waals surface area (Å²) >= 11 is 0. The smallest absolute Gasteiger partial charge is 0.132 e. The summed E-state index contributed by atoms with van der Waals surface area (Å²) in [5, 5.41) is 3.47. The second-order valence-electron chi connectivity index (χ2n) is 11.1. The molecule has 0 radical (unpaired) electrons. The molecule has 2 unspecified atom stereocenters. The van der Waals surface area contributed by atoms with Crippen LogP contribution < -0.4 is 15.8 Å². The minimum atomic E-state index is -3.13. The zero-order valence-electron chi connectivity index (χ0n) is 21.9. The van der Waals surface area contributed by atoms with Gasteiger partial charge in [-0.1, -0.05) is 41.5 Å². The summed E-state index contributed by atoms with van der Waals surface area (Å²) in [4.78, 5) is 11.5. The summed E-state index contributed by atoms with van der Waals surface area (Å²) < 4.78 is 35.4. The number of Topliss-reactive ketones (excluding diaryl/α,β-unsaturated/α-hetero) is 1. The van der Waals surface area contributed by atoms with Crippen LogP contribution in [0.4, 0.5) is 0 Å². The molecule has 0 bridgehead atoms. The van der Waals surface area contributed by atoms with Gasteiger partial charge < -0.3 is 20.5 Å². The van der Waals surface area contributed by atoms with E-state index in [0.29, 0.717) is 45.2 Å². The van der Waals surface area contributed by atoms with E-state index in [1.54, 1.807) is 6.92 Å². The van der Waals surface area contributed by atoms with Crippen LogP contribution in [0.3, 0.4) is 0 Å². The van der Waals surface area contributed by atoms with Gasteiger partial charge in [-0.3, -0.25) is 13.9 Å². The molecule has 9 heteroatoms. The zero-order chi connectivity index (χ0) is 25.2. The fourth-order valence-electron chi connectivity index (χ4n) is 3.38. The van der Waals surface area contributed by atoms with Crippen LogP contribution in [0, 0.1) is 11.3 Å². The van der Waals surface area contributed by atoms with Crippen LogP contribution in [-0.2, 0) is 14.3 Å². The molecule has 0 aromatic carbocycles. The lowest BCUT2D eigenvalue weighted by Gasteiger charge is -2.41. The summed E-state index contributed by atoms with van der Waals surface area (Å²) in [6, 6.07) is 0.361. The minimum Gasteiger partial charge on any atom is -0.381 e. The number of nitrogens with one attached hydrogen (secondary N) is 2. The van der Waals surface area contributed by atoms with E-state index in [1.807, 2.05) is 27.7 Å². The van der Waals surface area contributed by atoms with Crippen molar-refractivity contribution in [1.82, 2.24) is 10.0 Å². The number of carbonyl (C=O) groups is 1. The lowest BCUT2D eigenvalue weighted by Crippen LogP contribution is -2.49. The maximum atomic E-state index is 11.5. The summed E-state index contributed by atoms with van der Waals surface area (Å²) in [6.45, 7) is 19.6. The van der Waals surface area contributed by atoms with Gasteiger partial charge in [-0.2, -0.15) is 0 Å². The van der Waals surface area contributed by atoms with Crippen LogP contribution in [0.25, 0.3) is 0 Å². The van der Waals surface area contributed by atoms with E-state index in [2.05, 4.69) is 37.7 Å². The average molecular weight is 482 g/mol. The molecule has 0 spiro atoms. The molecule has 2 atom stereocenters. The molecule has 0 fully saturated rings. The number of hydrogen-bond donors (Lipinski definition) is 5. The molecule has 0 aliphatic heterocycles. The largest absolute Gasteiger partial charge is 0.381 e. The first-order chi connectivity index (χ1) is 14.4. The Kier molecular flexibility index (Phi) is 13.5. The van der Waals surface area contributed by atoms with Crippen molar-refractivity contribution >= 4 is 16.6 Å². The molecule has 0 aliphatic carbocycles. The molecule has 32 heavy (non-hydrogen) atoms. The van der Waals surface area contributed by atoms with Crippen molar-refractivity contribution in [3.05, 3.63) is 0 Å². The van der Waals surface area contributed by atoms with Crippen molar-refractivity contribution < 1.29 is 23.4 Å². The number of hydrogen-bond acceptors (Lipinski definition) is 8. The molecule has 0 aromatic rings. The normalized spacial score (nSPS) is 16.8. The van der Waals surface area contributed by atoms with Gasteiger partial charge in [-0.05, 0) is 33.1 Å². The van der Waals surface area contributed by atoms with Gasteiger partial charge in [0.15, 0.2) is 0 Å². The van der Waals surface area contributed by atoms with E-state index < -0.39 is 16.5 Å². The van der Waals surface area contributed by atoms with Crippen LogP contribution in [0.5, 0.6) is 0 Å². The van der Waals surface area contributed by atoms with E-state index in [1.165, 1.54) is 0 Å². The summed E-state index contributed by atoms with van der Waals surface area (Å²) in [5.41, 5.74) is 4.61. The third-order valence-electron chi connectivity index (χ3n) is 4.97. The molecule has 8 nitrogen and oxygen atoms in total. The predicted octanol–water partition coefficient (Wildman–Crippen LogP) is 4.15. The highest BCUT2D eigenvalue weighted by Gasteiger charge is 2.31. The van der Waals surface area contributed by atoms with Crippen molar-refractivity contribution in [2.75, 3.05) is 32.1 Å². The Morgan fingerprint density at radius 1 is 1.12 bits per heavy atom. The summed E-state index contributed by atoms with van der Waals surface area (Å²) in [6.07, 6.45) is 1.82. The Morgan fingerprint density at radius 2 is 1.72 bits per heavy atom. The second kappa shape index (κ2) is 13.6. The minimum absolute atomic E-state index is 0.101. The average Bonchev–Trinajstić information content (AvgIpc) is 2.57. The fraction of sp³-hybridized carbons (Fsp3) is 0.957. The summed E-state index contributed by atoms with van der Waals surface area (Å²) in [5.74, 6) is 0.302. The van der Waals surface area contributed by atoms with E-state index in [9.17, 15) is 13.9 Å². The van der Waals surface area contributed by atoms with Crippen LogP contribution in [0.2, 0.25) is 0 Å². The molecule has 194 valence electrons. The van der Waals surface area contributed by atoms with Crippen molar-refractivity contribution in [2.24, 2.45) is 17.1 Å². The van der Waals surface area contributed by atoms with Gasteiger partial charge >= 0.3 is 0 Å². The van der Waals surface area contributed by atoms with Crippen LogP contribution in [-0.4, -0.2) is 64.3 Å². The van der Waals surface area contributed by atoms with Crippen molar-refractivity contribution in [3.63, 3.8) is 0 Å². The third kappa shape index (κ3) is 16.4. The topological polar surface area (TPSA) is 126 Å². The Bertz CT molecular complexity index is 554. The van der Waals surface area contributed by atoms with Crippen LogP contribution >= 0.6 is 10.8 Å². The number of nitrogens with two attached hydrogens (primary N) is 1. The molecule has 0 aliphatic rings. The van der Waals surface area contributed by atoms with E-state index in [-0.39, 0.29) is 28.4 Å². The van der Waals surface area contributed by atoms with E-state index >= 15 is 0 Å². The molecule has 0 heterocycles. The van der Waals surface area contributed by atoms with Crippen molar-refractivity contribution in [1.29, 1.82) is 0 Å². The predicted molar refractivity (Wildman–Crippen MR) is 135 cm³/mol. The van der Waals surface area contributed by atoms with Crippen LogP contribution in [0.15, 0.2) is 0 Å². The quantitative estimate of drug-likeness (QED) is 0.185. The zero-order valence-corrected chi connectivity index (χ0v) is 22.7. The standard InChI is InChI=1S/C23H51N3O5S/c1-10-20(27)13-19(4)14-30-16-21(5,6)15-25-32(28,29)17-23(9,24)31-12-11-22(7,8)26-18(2)3/h18-19,25-26,28-29H,10-17,24H2,1-9H3. The van der Waals surface area contributed by atoms with Gasteiger partial charge in [0.1, 0.15) is 11.5 Å². The number of ether oxygens (including phenoxy) is 2. The molecule has 0 rings (SSSR count). The lowest BCUT2D eigenvalue weighted by atomic mass is 9.95. The second-order valence-corrected chi connectivity index (χ2v) is 13.0. The molecular formula is C23H51N3O5S. The number of ketones is 1. The van der Waals surface area contributed by atoms with Gasteiger partial charge in [0.25, 0.3) is 0 Å². The van der Waals surface area contributed by atoms with E-state index in [4.69, 9.17) is 15.2 Å². The molecule has 0 amide bonds. The lowest BCUT2D eigenvalue weighted by molar-refractivity contribution is -0.120. The van der Waals surface area contributed by atoms with Gasteiger partial charge in [-0.25, -0.2) is 4.72 Å². The molecule has 0 saturated carbocycles. The number of rotatable bonds is 18. The van der Waals surface area contributed by atoms with Gasteiger partial charge in [0.2, 0.25) is 0 Å². The first-order valence-electron chi connectivity index (χ1n) is 11.7. The fourth-order valence-corrected chi connectivity index (χ4v) is 4.98. The van der Waals surface area contributed by atoms with Crippen molar-refractivity contribution in [2.45, 2.75) is 98.9 Å². The highest BCUT2D eigenvalue weighted by molar-refractivity contribution is 8.22. The Hall–Kier alpha value is -0.260. The summed E-state index contributed by atoms with van der Waals surface area (Å²) in [7, 11) is -3.13. The molecular weight excluding hydrogens is 430 g/mol. The third-order valence-corrected chi connectivity index (χ3v) is 6.56. The first kappa shape index (κ1) is 31.7. The van der Waals surface area contributed by atoms with Crippen LogP contribution in [0.1, 0.15) is 81.6 Å². The van der Waals surface area contributed by atoms with Gasteiger partial charge in [-0.15, -0.1) is 10.8 Å². The molecule has 6 N–H and O–H groups in total. The van der Waals surface area contributed by atoms with E-state index in [0.717, 1.165) is 6.42 Å². The molecule has 0 aromatic heterocycles. The van der Waals surface area contributed by atoms with Crippen molar-refractivity contribution in [3.8, 4) is 0 Å². The monoisotopic (exact) mass is 481 g/mol. The first-order valence-corrected chi connectivity index (χ1v) is 13.4. The van der Waals surface area contributed by atoms with Gasteiger partial charge in [0.05, 0.1) is 19.0 Å². The highest BCUT2D eigenvalue weighted by atomic mass is 32.3. The Balaban J connectivity index is 4.45. The maximum Gasteiger partial charge on any atom is 0.132 e. The Labute approximate surface area is 198 Å². The SMILES string of the molecule is CCC(=O)CC(C)COCC(C)(C)CNS(O)(O)CC(C)(N)OCCC(C)(C)NC(C)C. The molecule has 0 saturated heterocycles. The van der Waals surface area contributed by atoms with Gasteiger partial charge in [0, 0.05) is 43.0 Å². The number of carbonyl (C=O) groups excluding carboxylic acids is 1. The highest BCUT2D eigenvalue weighted by Crippen LogP contribution is 2.38. The maximum absolute atomic E-state index is 11.5.